The van der Waals surface area contributed by atoms with Crippen LogP contribution in [-0.4, -0.2) is 45.7 Å². The van der Waals surface area contributed by atoms with Gasteiger partial charge in [0.05, 0.1) is 24.7 Å². The van der Waals surface area contributed by atoms with Crippen molar-refractivity contribution in [2.75, 3.05) is 36.5 Å². The van der Waals surface area contributed by atoms with E-state index < -0.39 is 0 Å². The largest absolute Gasteiger partial charge is 0.363 e. The smallest absolute Gasteiger partial charge is 0.180 e. The minimum Gasteiger partial charge on any atom is -0.363 e. The molecule has 2 N–H and O–H groups in total. The molecule has 7 nitrogen and oxygen atoms in total. The van der Waals surface area contributed by atoms with Crippen molar-refractivity contribution >= 4 is 17.2 Å². The molecular formula is C18H20FN7. The summed E-state index contributed by atoms with van der Waals surface area (Å²) < 4.78 is 15.3. The molecule has 8 heteroatoms. The lowest BCUT2D eigenvalue weighted by Crippen LogP contribution is -2.38. The number of halogens is 1. The van der Waals surface area contributed by atoms with Gasteiger partial charge < -0.3 is 15.5 Å². The van der Waals surface area contributed by atoms with Crippen LogP contribution in [0.1, 0.15) is 12.8 Å². The molecule has 134 valence electrons. The van der Waals surface area contributed by atoms with E-state index in [2.05, 4.69) is 25.5 Å². The Balaban J connectivity index is 1.48. The van der Waals surface area contributed by atoms with Gasteiger partial charge in [0, 0.05) is 12.7 Å². The molecule has 1 atom stereocenters. The zero-order valence-electron chi connectivity index (χ0n) is 14.3. The lowest BCUT2D eigenvalue weighted by atomic mass is 9.99. The first-order chi connectivity index (χ1) is 12.8. The maximum atomic E-state index is 13.6. The minimum atomic E-state index is -0.314. The fourth-order valence-corrected chi connectivity index (χ4v) is 3.78. The summed E-state index contributed by atoms with van der Waals surface area (Å²) in [7, 11) is 0. The number of hydrogen-bond donors (Lipinski definition) is 2. The number of hydrogen-bond acceptors (Lipinski definition) is 6. The van der Waals surface area contributed by atoms with E-state index >= 15 is 0 Å². The first-order valence-corrected chi connectivity index (χ1v) is 8.97. The van der Waals surface area contributed by atoms with Crippen molar-refractivity contribution in [3.63, 3.8) is 0 Å². The van der Waals surface area contributed by atoms with Gasteiger partial charge in [-0.15, -0.1) is 0 Å². The van der Waals surface area contributed by atoms with Gasteiger partial charge in [-0.05, 0) is 44.0 Å². The summed E-state index contributed by atoms with van der Waals surface area (Å²) >= 11 is 0. The molecule has 5 rings (SSSR count). The quantitative estimate of drug-likeness (QED) is 0.752. The zero-order chi connectivity index (χ0) is 17.5. The third-order valence-electron chi connectivity index (χ3n) is 5.10. The van der Waals surface area contributed by atoms with Gasteiger partial charge >= 0.3 is 0 Å². The van der Waals surface area contributed by atoms with Crippen LogP contribution in [0, 0.1) is 11.7 Å². The monoisotopic (exact) mass is 353 g/mol. The topological polar surface area (TPSA) is 70.4 Å². The summed E-state index contributed by atoms with van der Waals surface area (Å²) in [5.41, 5.74) is 2.31. The fourth-order valence-electron chi connectivity index (χ4n) is 3.78. The number of nitrogens with one attached hydrogen (secondary N) is 2. The third kappa shape index (κ3) is 2.66. The predicted octanol–water partition coefficient (Wildman–Crippen LogP) is 2.12. The van der Waals surface area contributed by atoms with Crippen LogP contribution >= 0.6 is 0 Å². The molecule has 2 aliphatic rings. The number of rotatable bonds is 3. The number of aromatic nitrogens is 4. The van der Waals surface area contributed by atoms with Gasteiger partial charge in [0.25, 0.3) is 0 Å². The van der Waals surface area contributed by atoms with Crippen molar-refractivity contribution in [1.82, 2.24) is 24.7 Å². The Hall–Kier alpha value is -2.74. The van der Waals surface area contributed by atoms with Crippen molar-refractivity contribution < 1.29 is 4.39 Å². The molecule has 0 bridgehead atoms. The summed E-state index contributed by atoms with van der Waals surface area (Å²) in [5, 5.41) is 6.82. The molecule has 26 heavy (non-hydrogen) atoms. The number of pyridine rings is 1. The van der Waals surface area contributed by atoms with Crippen LogP contribution in [0.4, 0.5) is 15.9 Å². The van der Waals surface area contributed by atoms with Gasteiger partial charge in [0.15, 0.2) is 11.6 Å². The molecule has 1 saturated heterocycles. The maximum Gasteiger partial charge on any atom is 0.180 e. The highest BCUT2D eigenvalue weighted by atomic mass is 19.1. The Morgan fingerprint density at radius 2 is 2.19 bits per heavy atom. The normalized spacial score (nSPS) is 19.6. The average molecular weight is 353 g/mol. The van der Waals surface area contributed by atoms with E-state index in [1.807, 2.05) is 0 Å². The van der Waals surface area contributed by atoms with Gasteiger partial charge in [-0.25, -0.2) is 19.3 Å². The van der Waals surface area contributed by atoms with E-state index in [0.29, 0.717) is 23.1 Å². The van der Waals surface area contributed by atoms with E-state index in [1.54, 1.807) is 22.9 Å². The highest BCUT2D eigenvalue weighted by molar-refractivity contribution is 5.72. The van der Waals surface area contributed by atoms with E-state index in [9.17, 15) is 4.39 Å². The summed E-state index contributed by atoms with van der Waals surface area (Å²) in [6.07, 6.45) is 7.37. The van der Waals surface area contributed by atoms with Crippen LogP contribution in [-0.2, 0) is 0 Å². The second kappa shape index (κ2) is 6.21. The molecule has 0 saturated carbocycles. The summed E-state index contributed by atoms with van der Waals surface area (Å²) in [5.74, 6) is 1.77. The summed E-state index contributed by atoms with van der Waals surface area (Å²) in [4.78, 5) is 15.8. The fraction of sp³-hybridized carbons (Fsp3) is 0.389. The van der Waals surface area contributed by atoms with Gasteiger partial charge in [-0.2, -0.15) is 0 Å². The van der Waals surface area contributed by atoms with E-state index in [4.69, 9.17) is 4.98 Å². The lowest BCUT2D eigenvalue weighted by molar-refractivity contribution is 0.379. The number of imidazole rings is 1. The number of nitrogens with zero attached hydrogens (tertiary/aromatic N) is 5. The molecule has 3 aromatic rings. The van der Waals surface area contributed by atoms with Crippen molar-refractivity contribution in [1.29, 1.82) is 0 Å². The number of anilines is 2. The minimum absolute atomic E-state index is 0.314. The summed E-state index contributed by atoms with van der Waals surface area (Å²) in [6.45, 7) is 3.87. The Kier molecular flexibility index (Phi) is 3.70. The molecule has 0 amide bonds. The van der Waals surface area contributed by atoms with Gasteiger partial charge in [0.2, 0.25) is 0 Å². The van der Waals surface area contributed by atoms with E-state index in [0.717, 1.165) is 37.8 Å². The zero-order valence-corrected chi connectivity index (χ0v) is 14.3. The molecule has 3 aromatic heterocycles. The average Bonchev–Trinajstić information content (AvgIpc) is 3.26. The number of fused-ring (bicyclic) bond motifs is 2. The molecule has 0 aliphatic carbocycles. The van der Waals surface area contributed by atoms with Crippen molar-refractivity contribution in [3.05, 3.63) is 36.5 Å². The molecular weight excluding hydrogens is 333 g/mol. The molecule has 1 fully saturated rings. The highest BCUT2D eigenvalue weighted by Gasteiger charge is 2.25. The van der Waals surface area contributed by atoms with E-state index in [1.165, 1.54) is 25.1 Å². The number of piperidine rings is 1. The van der Waals surface area contributed by atoms with Gasteiger partial charge in [-0.3, -0.25) is 4.40 Å². The molecule has 0 aromatic carbocycles. The lowest BCUT2D eigenvalue weighted by Gasteiger charge is -2.27. The predicted molar refractivity (Wildman–Crippen MR) is 97.6 cm³/mol. The standard InChI is InChI=1S/C18H20FN7/c19-13-3-4-16-21-8-15(26(16)10-13)17-22-7-14-18(24-17)25(11-23-14)9-12-2-1-5-20-6-12/h3-4,7-8,10,12,20,23H,1-2,5-6,9,11H2/t12-/m1/s1. The van der Waals surface area contributed by atoms with Crippen molar-refractivity contribution in [2.45, 2.75) is 12.8 Å². The highest BCUT2D eigenvalue weighted by Crippen LogP contribution is 2.31. The Labute approximate surface area is 150 Å². The van der Waals surface area contributed by atoms with Crippen LogP contribution < -0.4 is 15.5 Å². The Morgan fingerprint density at radius 1 is 1.23 bits per heavy atom. The first kappa shape index (κ1) is 15.5. The maximum absolute atomic E-state index is 13.6. The van der Waals surface area contributed by atoms with Crippen molar-refractivity contribution in [3.8, 4) is 11.5 Å². The molecule has 0 radical (unpaired) electrons. The first-order valence-electron chi connectivity index (χ1n) is 8.97. The SMILES string of the molecule is Fc1ccc2ncc(-c3ncc4c(n3)N(C[C@@H]3CCCNC3)CN4)n2c1. The van der Waals surface area contributed by atoms with Crippen LogP contribution in [0.5, 0.6) is 0 Å². The third-order valence-corrected chi connectivity index (χ3v) is 5.10. The van der Waals surface area contributed by atoms with E-state index in [-0.39, 0.29) is 5.82 Å². The Bertz CT molecular complexity index is 948. The van der Waals surface area contributed by atoms with Gasteiger partial charge in [0.1, 0.15) is 17.2 Å². The second-order valence-electron chi connectivity index (χ2n) is 6.92. The van der Waals surface area contributed by atoms with Crippen molar-refractivity contribution in [2.24, 2.45) is 5.92 Å². The summed E-state index contributed by atoms with van der Waals surface area (Å²) in [6, 6.07) is 3.05. The van der Waals surface area contributed by atoms with Gasteiger partial charge in [-0.1, -0.05) is 0 Å². The molecule has 0 spiro atoms. The molecule has 0 unspecified atom stereocenters. The second-order valence-corrected chi connectivity index (χ2v) is 6.92. The van der Waals surface area contributed by atoms with Crippen LogP contribution in [0.3, 0.4) is 0 Å². The molecule has 2 aliphatic heterocycles. The van der Waals surface area contributed by atoms with Crippen LogP contribution in [0.2, 0.25) is 0 Å². The van der Waals surface area contributed by atoms with Crippen LogP contribution in [0.25, 0.3) is 17.2 Å². The Morgan fingerprint density at radius 3 is 3.08 bits per heavy atom. The van der Waals surface area contributed by atoms with Crippen LogP contribution in [0.15, 0.2) is 30.7 Å². The molecule has 5 heterocycles.